The average molecular weight is 484 g/mol. The predicted octanol–water partition coefficient (Wildman–Crippen LogP) is 3.30. The Kier molecular flexibility index (Phi) is 7.09. The zero-order valence-corrected chi connectivity index (χ0v) is 20.8. The molecule has 2 aliphatic rings. The van der Waals surface area contributed by atoms with Crippen molar-refractivity contribution < 1.29 is 18.0 Å². The molecule has 34 heavy (non-hydrogen) atoms. The molecule has 2 amide bonds. The van der Waals surface area contributed by atoms with Crippen LogP contribution in [0.1, 0.15) is 50.2 Å². The van der Waals surface area contributed by atoms with Gasteiger partial charge in [0.15, 0.2) is 0 Å². The molecule has 1 aliphatic carbocycles. The molecule has 2 aromatic rings. The highest BCUT2D eigenvalue weighted by Gasteiger charge is 2.37. The maximum atomic E-state index is 13.2. The number of nitrogens with one attached hydrogen (secondary N) is 1. The highest BCUT2D eigenvalue weighted by molar-refractivity contribution is 7.89. The van der Waals surface area contributed by atoms with E-state index in [0.29, 0.717) is 13.0 Å². The van der Waals surface area contributed by atoms with Crippen molar-refractivity contribution in [2.24, 2.45) is 5.92 Å². The van der Waals surface area contributed by atoms with Crippen molar-refractivity contribution in [3.63, 3.8) is 0 Å². The molecule has 1 heterocycles. The van der Waals surface area contributed by atoms with E-state index in [9.17, 15) is 18.0 Å². The molecule has 4 rings (SSSR count). The van der Waals surface area contributed by atoms with Crippen LogP contribution in [0, 0.1) is 5.92 Å². The Morgan fingerprint density at radius 1 is 1.15 bits per heavy atom. The van der Waals surface area contributed by atoms with Gasteiger partial charge in [0, 0.05) is 31.2 Å². The summed E-state index contributed by atoms with van der Waals surface area (Å²) < 4.78 is 27.4. The fourth-order valence-corrected chi connectivity index (χ4v) is 5.82. The molecule has 8 heteroatoms. The standard InChI is InChI=1S/C26H33N3O4S/c1-18(20-8-5-4-6-9-20)16-27-25(30)17-28(3)34(32,33)23-12-13-24-22(15-23)14-19(2)29(24)26(31)21-10-7-11-21/h4-6,8-9,12-13,15,18-19,21H,7,10-11,14,16-17H2,1-3H3,(H,27,30)/t18-,19+/m0/s1. The van der Waals surface area contributed by atoms with Crippen LogP contribution in [0.4, 0.5) is 5.69 Å². The van der Waals surface area contributed by atoms with Crippen molar-refractivity contribution in [1.82, 2.24) is 9.62 Å². The molecule has 0 unspecified atom stereocenters. The summed E-state index contributed by atoms with van der Waals surface area (Å²) in [6.45, 7) is 4.18. The molecule has 182 valence electrons. The zero-order valence-electron chi connectivity index (χ0n) is 20.0. The topological polar surface area (TPSA) is 86.8 Å². The number of amides is 2. The number of hydrogen-bond acceptors (Lipinski definition) is 4. The Balaban J connectivity index is 1.40. The minimum atomic E-state index is -3.84. The minimum Gasteiger partial charge on any atom is -0.354 e. The van der Waals surface area contributed by atoms with Crippen LogP contribution in [-0.2, 0) is 26.0 Å². The Bertz CT molecular complexity index is 1160. The summed E-state index contributed by atoms with van der Waals surface area (Å²) in [5.74, 6) is 0.00922. The van der Waals surface area contributed by atoms with Crippen LogP contribution in [0.3, 0.4) is 0 Å². The molecular formula is C26H33N3O4S. The van der Waals surface area contributed by atoms with Gasteiger partial charge in [0.2, 0.25) is 21.8 Å². The van der Waals surface area contributed by atoms with Gasteiger partial charge in [-0.1, -0.05) is 43.7 Å². The summed E-state index contributed by atoms with van der Waals surface area (Å²) in [4.78, 5) is 27.3. The molecule has 0 aromatic heterocycles. The van der Waals surface area contributed by atoms with Crippen LogP contribution in [0.5, 0.6) is 0 Å². The number of carbonyl (C=O) groups is 2. The van der Waals surface area contributed by atoms with Gasteiger partial charge in [0.05, 0.1) is 11.4 Å². The normalized spacial score (nSPS) is 18.9. The Hall–Kier alpha value is -2.71. The van der Waals surface area contributed by atoms with Crippen LogP contribution in [0.15, 0.2) is 53.4 Å². The second-order valence-corrected chi connectivity index (χ2v) is 11.6. The smallest absolute Gasteiger partial charge is 0.243 e. The first-order valence-corrected chi connectivity index (χ1v) is 13.4. The number of nitrogens with zero attached hydrogens (tertiary/aromatic N) is 2. The van der Waals surface area contributed by atoms with Crippen LogP contribution in [0.2, 0.25) is 0 Å². The molecule has 1 aliphatic heterocycles. The lowest BCUT2D eigenvalue weighted by molar-refractivity contribution is -0.125. The summed E-state index contributed by atoms with van der Waals surface area (Å²) >= 11 is 0. The van der Waals surface area contributed by atoms with Crippen LogP contribution < -0.4 is 10.2 Å². The third-order valence-corrected chi connectivity index (χ3v) is 8.81. The number of anilines is 1. The summed E-state index contributed by atoms with van der Waals surface area (Å²) in [6.07, 6.45) is 3.58. The molecule has 0 radical (unpaired) electrons. The van der Waals surface area contributed by atoms with Gasteiger partial charge in [0.1, 0.15) is 0 Å². The van der Waals surface area contributed by atoms with Crippen molar-refractivity contribution in [2.45, 2.75) is 56.4 Å². The molecule has 0 bridgehead atoms. The lowest BCUT2D eigenvalue weighted by Crippen LogP contribution is -2.42. The number of rotatable bonds is 8. The first kappa shape index (κ1) is 24.4. The predicted molar refractivity (Wildman–Crippen MR) is 132 cm³/mol. The third-order valence-electron chi connectivity index (χ3n) is 7.01. The molecule has 1 saturated carbocycles. The van der Waals surface area contributed by atoms with E-state index in [1.165, 1.54) is 7.05 Å². The van der Waals surface area contributed by atoms with E-state index in [4.69, 9.17) is 0 Å². The Morgan fingerprint density at radius 2 is 1.85 bits per heavy atom. The van der Waals surface area contributed by atoms with E-state index < -0.39 is 10.0 Å². The summed E-state index contributed by atoms with van der Waals surface area (Å²) in [5.41, 5.74) is 2.77. The summed E-state index contributed by atoms with van der Waals surface area (Å²) in [5, 5.41) is 2.83. The van der Waals surface area contributed by atoms with E-state index in [1.54, 1.807) is 18.2 Å². The van der Waals surface area contributed by atoms with Gasteiger partial charge in [0.25, 0.3) is 0 Å². The maximum absolute atomic E-state index is 13.2. The average Bonchev–Trinajstić information content (AvgIpc) is 3.11. The summed E-state index contributed by atoms with van der Waals surface area (Å²) in [7, 11) is -2.43. The fourth-order valence-electron chi connectivity index (χ4n) is 4.65. The largest absolute Gasteiger partial charge is 0.354 e. The number of fused-ring (bicyclic) bond motifs is 1. The number of sulfonamides is 1. The van der Waals surface area contributed by atoms with Gasteiger partial charge >= 0.3 is 0 Å². The quantitative estimate of drug-likeness (QED) is 0.624. The monoisotopic (exact) mass is 483 g/mol. The molecule has 0 spiro atoms. The number of benzene rings is 2. The fraction of sp³-hybridized carbons (Fsp3) is 0.462. The second kappa shape index (κ2) is 9.88. The van der Waals surface area contributed by atoms with Crippen LogP contribution in [0.25, 0.3) is 0 Å². The lowest BCUT2D eigenvalue weighted by Gasteiger charge is -2.32. The molecule has 1 N–H and O–H groups in total. The van der Waals surface area contributed by atoms with E-state index in [1.807, 2.05) is 49.1 Å². The van der Waals surface area contributed by atoms with E-state index in [0.717, 1.165) is 40.4 Å². The van der Waals surface area contributed by atoms with Crippen LogP contribution >= 0.6 is 0 Å². The van der Waals surface area contributed by atoms with E-state index in [-0.39, 0.29) is 41.1 Å². The van der Waals surface area contributed by atoms with Crippen molar-refractivity contribution in [3.05, 3.63) is 59.7 Å². The van der Waals surface area contributed by atoms with Gasteiger partial charge in [-0.3, -0.25) is 9.59 Å². The van der Waals surface area contributed by atoms with E-state index in [2.05, 4.69) is 5.32 Å². The second-order valence-electron chi connectivity index (χ2n) is 9.56. The number of carbonyl (C=O) groups excluding carboxylic acids is 2. The lowest BCUT2D eigenvalue weighted by atomic mass is 9.84. The molecule has 2 atom stereocenters. The molecule has 0 saturated heterocycles. The molecular weight excluding hydrogens is 450 g/mol. The van der Waals surface area contributed by atoms with Gasteiger partial charge in [-0.05, 0) is 61.4 Å². The number of likely N-dealkylation sites (N-methyl/N-ethyl adjacent to an activating group) is 1. The first-order chi connectivity index (χ1) is 16.2. The van der Waals surface area contributed by atoms with Gasteiger partial charge < -0.3 is 10.2 Å². The van der Waals surface area contributed by atoms with Crippen molar-refractivity contribution in [3.8, 4) is 0 Å². The minimum absolute atomic E-state index is 0.0103. The highest BCUT2D eigenvalue weighted by atomic mass is 32.2. The third kappa shape index (κ3) is 4.88. The Morgan fingerprint density at radius 3 is 2.50 bits per heavy atom. The van der Waals surface area contributed by atoms with Gasteiger partial charge in [-0.15, -0.1) is 0 Å². The molecule has 2 aromatic carbocycles. The molecule has 1 fully saturated rings. The van der Waals surface area contributed by atoms with Crippen molar-refractivity contribution in [2.75, 3.05) is 25.0 Å². The maximum Gasteiger partial charge on any atom is 0.243 e. The summed E-state index contributed by atoms with van der Waals surface area (Å²) in [6, 6.07) is 14.8. The van der Waals surface area contributed by atoms with Crippen molar-refractivity contribution in [1.29, 1.82) is 0 Å². The van der Waals surface area contributed by atoms with E-state index >= 15 is 0 Å². The first-order valence-electron chi connectivity index (χ1n) is 11.9. The Labute approximate surface area is 202 Å². The molecule has 7 nitrogen and oxygen atoms in total. The zero-order chi connectivity index (χ0) is 24.5. The highest BCUT2D eigenvalue weighted by Crippen LogP contribution is 2.38. The van der Waals surface area contributed by atoms with Gasteiger partial charge in [-0.25, -0.2) is 8.42 Å². The number of hydrogen-bond donors (Lipinski definition) is 1. The van der Waals surface area contributed by atoms with Gasteiger partial charge in [-0.2, -0.15) is 4.31 Å². The van der Waals surface area contributed by atoms with Crippen LogP contribution in [-0.4, -0.2) is 50.7 Å². The van der Waals surface area contributed by atoms with Crippen molar-refractivity contribution >= 4 is 27.5 Å². The SMILES string of the molecule is C[C@@H]1Cc2cc(S(=O)(=O)N(C)CC(=O)NC[C@H](C)c3ccccc3)ccc2N1C(=O)C1CCC1.